The smallest absolute Gasteiger partial charge is 0.252 e. The number of methoxy groups -OCH3 is 1. The number of nitrogens with zero attached hydrogens (tertiary/aromatic N) is 2. The Bertz CT molecular complexity index is 1040. The number of carbonyl (C=O) groups is 1. The second-order valence-corrected chi connectivity index (χ2v) is 10.9. The first-order valence-electron chi connectivity index (χ1n) is 9.85. The fourth-order valence-corrected chi connectivity index (χ4v) is 7.85. The maximum absolute atomic E-state index is 12.6. The molecule has 0 aliphatic carbocycles. The van der Waals surface area contributed by atoms with Crippen molar-refractivity contribution in [3.8, 4) is 5.75 Å². The first-order valence-corrected chi connectivity index (χ1v) is 12.6. The summed E-state index contributed by atoms with van der Waals surface area (Å²) in [5.41, 5.74) is 2.04. The third-order valence-electron chi connectivity index (χ3n) is 5.39. The average Bonchev–Trinajstić information content (AvgIpc) is 3.18. The van der Waals surface area contributed by atoms with E-state index >= 15 is 0 Å². The number of benzene rings is 2. The highest BCUT2D eigenvalue weighted by Gasteiger charge is 2.48. The van der Waals surface area contributed by atoms with E-state index in [4.69, 9.17) is 4.74 Å². The molecule has 2 saturated heterocycles. The van der Waals surface area contributed by atoms with Crippen molar-refractivity contribution in [1.82, 2.24) is 4.90 Å². The van der Waals surface area contributed by atoms with Gasteiger partial charge in [-0.15, -0.1) is 0 Å². The lowest BCUT2D eigenvalue weighted by atomic mass is 10.1. The average molecular weight is 445 g/mol. The van der Waals surface area contributed by atoms with Gasteiger partial charge in [0.1, 0.15) is 5.75 Å². The summed E-state index contributed by atoms with van der Waals surface area (Å²) in [6.45, 7) is 0.641. The minimum absolute atomic E-state index is 0.0571. The summed E-state index contributed by atoms with van der Waals surface area (Å²) >= 11 is 1.43. The van der Waals surface area contributed by atoms with Crippen molar-refractivity contribution in [3.05, 3.63) is 65.7 Å². The maximum Gasteiger partial charge on any atom is 0.252 e. The van der Waals surface area contributed by atoms with Gasteiger partial charge < -0.3 is 9.64 Å². The van der Waals surface area contributed by atoms with E-state index in [1.54, 1.807) is 7.11 Å². The topological polar surface area (TPSA) is 76.0 Å². The molecule has 4 rings (SSSR count). The van der Waals surface area contributed by atoms with Gasteiger partial charge in [0.2, 0.25) is 0 Å². The highest BCUT2D eigenvalue weighted by Crippen LogP contribution is 2.38. The Balaban J connectivity index is 1.49. The molecule has 0 aromatic heterocycles. The van der Waals surface area contributed by atoms with Crippen LogP contribution in [0, 0.1) is 0 Å². The summed E-state index contributed by atoms with van der Waals surface area (Å²) in [7, 11) is -1.44. The Kier molecular flexibility index (Phi) is 6.15. The molecule has 0 unspecified atom stereocenters. The quantitative estimate of drug-likeness (QED) is 0.682. The Morgan fingerprint density at radius 3 is 2.53 bits per heavy atom. The van der Waals surface area contributed by atoms with Crippen LogP contribution in [0.4, 0.5) is 0 Å². The maximum atomic E-state index is 12.6. The molecule has 0 N–H and O–H groups in total. The number of rotatable bonds is 6. The number of carbonyl (C=O) groups excluding carboxylic acids is 1. The highest BCUT2D eigenvalue weighted by atomic mass is 32.2. The Morgan fingerprint density at radius 1 is 1.10 bits per heavy atom. The van der Waals surface area contributed by atoms with E-state index in [2.05, 4.69) is 17.1 Å². The van der Waals surface area contributed by atoms with E-state index in [9.17, 15) is 13.2 Å². The molecule has 2 fully saturated rings. The van der Waals surface area contributed by atoms with Crippen molar-refractivity contribution in [2.75, 3.05) is 25.2 Å². The summed E-state index contributed by atoms with van der Waals surface area (Å²) in [5, 5.41) is 0.590. The van der Waals surface area contributed by atoms with Gasteiger partial charge in [0, 0.05) is 11.8 Å². The van der Waals surface area contributed by atoms with Crippen LogP contribution in [0.3, 0.4) is 0 Å². The minimum atomic E-state index is -3.04. The number of hydrogen-bond acceptors (Lipinski definition) is 5. The van der Waals surface area contributed by atoms with Gasteiger partial charge in [0.05, 0.1) is 31.1 Å². The van der Waals surface area contributed by atoms with Crippen LogP contribution in [-0.2, 0) is 27.5 Å². The van der Waals surface area contributed by atoms with Gasteiger partial charge in [0.15, 0.2) is 15.0 Å². The molecule has 8 heteroatoms. The Morgan fingerprint density at radius 2 is 1.83 bits per heavy atom. The largest absolute Gasteiger partial charge is 0.497 e. The van der Waals surface area contributed by atoms with Crippen LogP contribution < -0.4 is 4.74 Å². The van der Waals surface area contributed by atoms with E-state index in [1.165, 1.54) is 17.3 Å². The third kappa shape index (κ3) is 4.87. The predicted molar refractivity (Wildman–Crippen MR) is 120 cm³/mol. The molecule has 2 aromatic carbocycles. The van der Waals surface area contributed by atoms with Gasteiger partial charge in [-0.05, 0) is 29.7 Å². The first kappa shape index (κ1) is 20.9. The molecule has 2 aliphatic heterocycles. The molecule has 2 heterocycles. The SMILES string of the molecule is COc1ccc(CC(=O)N=C2S[C@H]3CS(=O)(=O)C[C@H]3N2CCc2ccccc2)cc1. The fraction of sp³-hybridized carbons (Fsp3) is 0.364. The Labute approximate surface area is 181 Å². The van der Waals surface area contributed by atoms with E-state index < -0.39 is 9.84 Å². The molecular weight excluding hydrogens is 420 g/mol. The molecule has 0 spiro atoms. The van der Waals surface area contributed by atoms with Crippen LogP contribution in [-0.4, -0.2) is 60.8 Å². The summed E-state index contributed by atoms with van der Waals surface area (Å²) < 4.78 is 29.4. The summed E-state index contributed by atoms with van der Waals surface area (Å²) in [6.07, 6.45) is 0.977. The fourth-order valence-electron chi connectivity index (χ4n) is 3.86. The number of sulfone groups is 1. The second kappa shape index (κ2) is 8.81. The second-order valence-electron chi connectivity index (χ2n) is 7.54. The van der Waals surface area contributed by atoms with Gasteiger partial charge >= 0.3 is 0 Å². The monoisotopic (exact) mass is 444 g/mol. The number of hydrogen-bond donors (Lipinski definition) is 0. The minimum Gasteiger partial charge on any atom is -0.497 e. The van der Waals surface area contributed by atoms with E-state index in [1.807, 2.05) is 47.4 Å². The third-order valence-corrected chi connectivity index (χ3v) is 8.64. The predicted octanol–water partition coefficient (Wildman–Crippen LogP) is 2.58. The lowest BCUT2D eigenvalue weighted by molar-refractivity contribution is -0.117. The molecular formula is C22H24N2O4S2. The molecule has 2 aliphatic rings. The zero-order valence-corrected chi connectivity index (χ0v) is 18.4. The molecule has 0 radical (unpaired) electrons. The van der Waals surface area contributed by atoms with E-state index in [0.717, 1.165) is 17.7 Å². The molecule has 158 valence electrons. The van der Waals surface area contributed by atoms with Gasteiger partial charge in [0.25, 0.3) is 5.91 Å². The number of amides is 1. The first-order chi connectivity index (χ1) is 14.4. The number of aliphatic imine (C=N–C) groups is 1. The zero-order chi connectivity index (χ0) is 21.1. The highest BCUT2D eigenvalue weighted by molar-refractivity contribution is 8.15. The summed E-state index contributed by atoms with van der Waals surface area (Å²) in [6, 6.07) is 17.3. The van der Waals surface area contributed by atoms with E-state index in [0.29, 0.717) is 11.7 Å². The lowest BCUT2D eigenvalue weighted by Crippen LogP contribution is -2.39. The van der Waals surface area contributed by atoms with Crippen molar-refractivity contribution < 1.29 is 17.9 Å². The number of thioether (sulfide) groups is 1. The van der Waals surface area contributed by atoms with Crippen molar-refractivity contribution in [1.29, 1.82) is 0 Å². The van der Waals surface area contributed by atoms with Gasteiger partial charge in [-0.3, -0.25) is 4.79 Å². The molecule has 30 heavy (non-hydrogen) atoms. The molecule has 2 atom stereocenters. The van der Waals surface area contributed by atoms with Crippen LogP contribution in [0.5, 0.6) is 5.75 Å². The molecule has 0 saturated carbocycles. The molecule has 1 amide bonds. The number of ether oxygens (including phenoxy) is 1. The van der Waals surface area contributed by atoms with Gasteiger partial charge in [-0.2, -0.15) is 4.99 Å². The van der Waals surface area contributed by atoms with Crippen molar-refractivity contribution >= 4 is 32.7 Å². The van der Waals surface area contributed by atoms with Crippen molar-refractivity contribution in [2.24, 2.45) is 4.99 Å². The van der Waals surface area contributed by atoms with Crippen LogP contribution >= 0.6 is 11.8 Å². The standard InChI is InChI=1S/C22H24N2O4S2/c1-28-18-9-7-17(8-10-18)13-21(25)23-22-24(12-11-16-5-3-2-4-6-16)19-14-30(26,27)15-20(19)29-22/h2-10,19-20H,11-15H2,1H3/t19-,20+/m1/s1. The molecule has 2 aromatic rings. The molecule has 0 bridgehead atoms. The van der Waals surface area contributed by atoms with Gasteiger partial charge in [-0.25, -0.2) is 8.42 Å². The van der Waals surface area contributed by atoms with Crippen LogP contribution in [0.25, 0.3) is 0 Å². The van der Waals surface area contributed by atoms with E-state index in [-0.39, 0.29) is 35.1 Å². The zero-order valence-electron chi connectivity index (χ0n) is 16.7. The van der Waals surface area contributed by atoms with Crippen molar-refractivity contribution in [2.45, 2.75) is 24.1 Å². The van der Waals surface area contributed by atoms with Crippen LogP contribution in [0.1, 0.15) is 11.1 Å². The van der Waals surface area contributed by atoms with Crippen LogP contribution in [0.15, 0.2) is 59.6 Å². The number of fused-ring (bicyclic) bond motifs is 1. The normalized spacial score (nSPS) is 23.5. The van der Waals surface area contributed by atoms with Crippen LogP contribution in [0.2, 0.25) is 0 Å². The molecule has 6 nitrogen and oxygen atoms in total. The number of amidine groups is 1. The Hall–Kier alpha value is -2.32. The lowest BCUT2D eigenvalue weighted by Gasteiger charge is -2.24. The van der Waals surface area contributed by atoms with Gasteiger partial charge in [-0.1, -0.05) is 54.2 Å². The summed E-state index contributed by atoms with van der Waals surface area (Å²) in [5.74, 6) is 0.793. The van der Waals surface area contributed by atoms with Crippen molar-refractivity contribution in [3.63, 3.8) is 0 Å². The summed E-state index contributed by atoms with van der Waals surface area (Å²) in [4.78, 5) is 19.0.